The highest BCUT2D eigenvalue weighted by Crippen LogP contribution is 2.22. The third-order valence-electron chi connectivity index (χ3n) is 3.22. The molecule has 0 aliphatic carbocycles. The minimum Gasteiger partial charge on any atom is -0.271 e. The van der Waals surface area contributed by atoms with E-state index in [1.165, 1.54) is 24.3 Å². The SMILES string of the molecule is Cc1ccc(F)cc1CC(NN)c1cc(F)cc(F)c1. The van der Waals surface area contributed by atoms with E-state index in [1.807, 2.05) is 6.92 Å². The highest BCUT2D eigenvalue weighted by atomic mass is 19.1. The number of halogens is 3. The Morgan fingerprint density at radius 3 is 2.25 bits per heavy atom. The average molecular weight is 280 g/mol. The van der Waals surface area contributed by atoms with Crippen molar-refractivity contribution in [3.63, 3.8) is 0 Å². The largest absolute Gasteiger partial charge is 0.271 e. The van der Waals surface area contributed by atoms with E-state index in [2.05, 4.69) is 5.43 Å². The van der Waals surface area contributed by atoms with Crippen molar-refractivity contribution in [3.8, 4) is 0 Å². The summed E-state index contributed by atoms with van der Waals surface area (Å²) in [6, 6.07) is 7.14. The fraction of sp³-hybridized carbons (Fsp3) is 0.200. The summed E-state index contributed by atoms with van der Waals surface area (Å²) in [6.45, 7) is 1.84. The Morgan fingerprint density at radius 1 is 1.00 bits per heavy atom. The van der Waals surface area contributed by atoms with Crippen LogP contribution < -0.4 is 11.3 Å². The van der Waals surface area contributed by atoms with Crippen LogP contribution in [-0.2, 0) is 6.42 Å². The normalized spacial score (nSPS) is 12.4. The van der Waals surface area contributed by atoms with Gasteiger partial charge in [-0.1, -0.05) is 6.07 Å². The smallest absolute Gasteiger partial charge is 0.126 e. The molecule has 0 aliphatic rings. The van der Waals surface area contributed by atoms with Crippen molar-refractivity contribution in [3.05, 3.63) is 70.5 Å². The summed E-state index contributed by atoms with van der Waals surface area (Å²) in [6.07, 6.45) is 0.336. The Kier molecular flexibility index (Phi) is 4.42. The molecule has 0 fully saturated rings. The zero-order chi connectivity index (χ0) is 14.7. The van der Waals surface area contributed by atoms with Crippen LogP contribution >= 0.6 is 0 Å². The Morgan fingerprint density at radius 2 is 1.65 bits per heavy atom. The van der Waals surface area contributed by atoms with Crippen LogP contribution in [0.15, 0.2) is 36.4 Å². The lowest BCUT2D eigenvalue weighted by Gasteiger charge is -2.18. The molecule has 0 amide bonds. The molecule has 0 saturated heterocycles. The molecular weight excluding hydrogens is 265 g/mol. The van der Waals surface area contributed by atoms with Gasteiger partial charge in [-0.3, -0.25) is 11.3 Å². The lowest BCUT2D eigenvalue weighted by molar-refractivity contribution is 0.527. The molecule has 2 nitrogen and oxygen atoms in total. The second kappa shape index (κ2) is 6.07. The third kappa shape index (κ3) is 3.37. The number of aryl methyl sites for hydroxylation is 1. The van der Waals surface area contributed by atoms with Crippen molar-refractivity contribution in [2.24, 2.45) is 5.84 Å². The van der Waals surface area contributed by atoms with Crippen LogP contribution in [0.5, 0.6) is 0 Å². The maximum absolute atomic E-state index is 13.3. The summed E-state index contributed by atoms with van der Waals surface area (Å²) in [7, 11) is 0. The van der Waals surface area contributed by atoms with Crippen LogP contribution in [0.3, 0.4) is 0 Å². The summed E-state index contributed by atoms with van der Waals surface area (Å²) in [5.41, 5.74) is 4.52. The Hall–Kier alpha value is -1.85. The summed E-state index contributed by atoms with van der Waals surface area (Å²) in [5, 5.41) is 0. The van der Waals surface area contributed by atoms with Crippen LogP contribution in [-0.4, -0.2) is 0 Å². The Labute approximate surface area is 115 Å². The van der Waals surface area contributed by atoms with E-state index >= 15 is 0 Å². The van der Waals surface area contributed by atoms with E-state index < -0.39 is 17.7 Å². The van der Waals surface area contributed by atoms with Crippen LogP contribution in [0.25, 0.3) is 0 Å². The van der Waals surface area contributed by atoms with E-state index in [0.29, 0.717) is 12.0 Å². The number of nitrogens with one attached hydrogen (secondary N) is 1. The molecule has 5 heteroatoms. The first-order valence-corrected chi connectivity index (χ1v) is 6.16. The second-order valence-corrected chi connectivity index (χ2v) is 4.70. The number of hydrazine groups is 1. The zero-order valence-corrected chi connectivity index (χ0v) is 11.0. The Bertz CT molecular complexity index is 594. The van der Waals surface area contributed by atoms with Crippen molar-refractivity contribution in [2.45, 2.75) is 19.4 Å². The van der Waals surface area contributed by atoms with Gasteiger partial charge < -0.3 is 0 Å². The summed E-state index contributed by atoms with van der Waals surface area (Å²) in [5.74, 6) is 3.76. The molecule has 2 aromatic rings. The lowest BCUT2D eigenvalue weighted by atomic mass is 9.96. The summed E-state index contributed by atoms with van der Waals surface area (Å²) in [4.78, 5) is 0. The van der Waals surface area contributed by atoms with E-state index in [-0.39, 0.29) is 5.82 Å². The van der Waals surface area contributed by atoms with Crippen molar-refractivity contribution in [1.82, 2.24) is 5.43 Å². The molecule has 2 aromatic carbocycles. The van der Waals surface area contributed by atoms with E-state index in [1.54, 1.807) is 6.07 Å². The first kappa shape index (κ1) is 14.6. The molecule has 2 rings (SSSR count). The highest BCUT2D eigenvalue weighted by molar-refractivity contribution is 5.30. The fourth-order valence-electron chi connectivity index (χ4n) is 2.13. The fourth-order valence-corrected chi connectivity index (χ4v) is 2.13. The zero-order valence-electron chi connectivity index (χ0n) is 11.0. The maximum atomic E-state index is 13.3. The maximum Gasteiger partial charge on any atom is 0.126 e. The topological polar surface area (TPSA) is 38.0 Å². The molecule has 106 valence electrons. The van der Waals surface area contributed by atoms with Gasteiger partial charge in [0.25, 0.3) is 0 Å². The average Bonchev–Trinajstić information content (AvgIpc) is 2.38. The van der Waals surface area contributed by atoms with Crippen LogP contribution in [0, 0.1) is 24.4 Å². The minimum absolute atomic E-state index is 0.336. The van der Waals surface area contributed by atoms with E-state index in [9.17, 15) is 13.2 Å². The summed E-state index contributed by atoms with van der Waals surface area (Å²) >= 11 is 0. The van der Waals surface area contributed by atoms with Crippen LogP contribution in [0.1, 0.15) is 22.7 Å². The number of rotatable bonds is 4. The van der Waals surface area contributed by atoms with Gasteiger partial charge in [-0.2, -0.15) is 0 Å². The van der Waals surface area contributed by atoms with Crippen molar-refractivity contribution in [1.29, 1.82) is 0 Å². The van der Waals surface area contributed by atoms with Crippen LogP contribution in [0.4, 0.5) is 13.2 Å². The Balaban J connectivity index is 2.30. The molecular formula is C15H15F3N2. The third-order valence-corrected chi connectivity index (χ3v) is 3.22. The number of nitrogens with two attached hydrogens (primary N) is 1. The van der Waals surface area contributed by atoms with Crippen molar-refractivity contribution < 1.29 is 13.2 Å². The highest BCUT2D eigenvalue weighted by Gasteiger charge is 2.14. The molecule has 0 heterocycles. The van der Waals surface area contributed by atoms with Gasteiger partial charge in [0.15, 0.2) is 0 Å². The molecule has 1 unspecified atom stereocenters. The molecule has 20 heavy (non-hydrogen) atoms. The minimum atomic E-state index is -0.670. The monoisotopic (exact) mass is 280 g/mol. The van der Waals surface area contributed by atoms with E-state index in [4.69, 9.17) is 5.84 Å². The first-order chi connectivity index (χ1) is 9.49. The first-order valence-electron chi connectivity index (χ1n) is 6.16. The number of benzene rings is 2. The number of hydrogen-bond acceptors (Lipinski definition) is 2. The van der Waals surface area contributed by atoms with Gasteiger partial charge in [0.05, 0.1) is 6.04 Å². The molecule has 0 bridgehead atoms. The van der Waals surface area contributed by atoms with Gasteiger partial charge in [0, 0.05) is 6.07 Å². The van der Waals surface area contributed by atoms with Gasteiger partial charge in [-0.25, -0.2) is 13.2 Å². The predicted molar refractivity (Wildman–Crippen MR) is 71.3 cm³/mol. The molecule has 0 spiro atoms. The van der Waals surface area contributed by atoms with Gasteiger partial charge in [0.2, 0.25) is 0 Å². The second-order valence-electron chi connectivity index (χ2n) is 4.70. The predicted octanol–water partition coefficient (Wildman–Crippen LogP) is 3.16. The standard InChI is InChI=1S/C15H15F3N2/c1-9-2-3-12(16)4-10(9)7-15(20-19)11-5-13(17)8-14(18)6-11/h2-6,8,15,20H,7,19H2,1H3. The molecule has 0 saturated carbocycles. The van der Waals surface area contributed by atoms with Crippen molar-refractivity contribution in [2.75, 3.05) is 0 Å². The van der Waals surface area contributed by atoms with Gasteiger partial charge in [-0.15, -0.1) is 0 Å². The molecule has 0 radical (unpaired) electrons. The molecule has 0 aromatic heterocycles. The van der Waals surface area contributed by atoms with Crippen molar-refractivity contribution >= 4 is 0 Å². The van der Waals surface area contributed by atoms with Gasteiger partial charge in [-0.05, 0) is 54.3 Å². The molecule has 1 atom stereocenters. The lowest BCUT2D eigenvalue weighted by Crippen LogP contribution is -2.30. The molecule has 3 N–H and O–H groups in total. The van der Waals surface area contributed by atoms with Crippen LogP contribution in [0.2, 0.25) is 0 Å². The van der Waals surface area contributed by atoms with E-state index in [0.717, 1.165) is 17.2 Å². The number of hydrogen-bond donors (Lipinski definition) is 2. The molecule has 0 aliphatic heterocycles. The quantitative estimate of drug-likeness (QED) is 0.667. The van der Waals surface area contributed by atoms with Gasteiger partial charge in [0.1, 0.15) is 17.5 Å². The van der Waals surface area contributed by atoms with Gasteiger partial charge >= 0.3 is 0 Å². The summed E-state index contributed by atoms with van der Waals surface area (Å²) < 4.78 is 39.7.